The standard InChI is InChI=1S/C19H33N5O2/c1-6-20-19(21-13-16-14-23(3)10-11-24(16)4)22-15-8-9-17(26-7-2)18(12-15)25-5/h8-9,12,16H,6-7,10-11,13-14H2,1-5H3,(H2,20,21,22). The Bertz CT molecular complexity index is 593. The van der Waals surface area contributed by atoms with E-state index < -0.39 is 0 Å². The van der Waals surface area contributed by atoms with E-state index in [1.807, 2.05) is 25.1 Å². The lowest BCUT2D eigenvalue weighted by Gasteiger charge is -2.36. The SMILES string of the molecule is CCNC(=NCC1CN(C)CCN1C)Nc1ccc(OCC)c(OC)c1. The van der Waals surface area contributed by atoms with Crippen molar-refractivity contribution >= 4 is 11.6 Å². The summed E-state index contributed by atoms with van der Waals surface area (Å²) in [7, 11) is 5.99. The molecular weight excluding hydrogens is 330 g/mol. The zero-order valence-corrected chi connectivity index (χ0v) is 16.7. The minimum absolute atomic E-state index is 0.430. The molecule has 0 saturated carbocycles. The van der Waals surface area contributed by atoms with Gasteiger partial charge in [-0.3, -0.25) is 9.89 Å². The largest absolute Gasteiger partial charge is 0.493 e. The Balaban J connectivity index is 2.07. The van der Waals surface area contributed by atoms with Crippen LogP contribution in [-0.2, 0) is 0 Å². The number of benzene rings is 1. The summed E-state index contributed by atoms with van der Waals surface area (Å²) in [4.78, 5) is 9.53. The summed E-state index contributed by atoms with van der Waals surface area (Å²) in [5, 5.41) is 6.67. The molecule has 1 aliphatic rings. The Morgan fingerprint density at radius 2 is 2.04 bits per heavy atom. The third kappa shape index (κ3) is 5.78. The molecule has 1 aromatic carbocycles. The fraction of sp³-hybridized carbons (Fsp3) is 0.632. The molecule has 7 nitrogen and oxygen atoms in total. The molecule has 0 bridgehead atoms. The Morgan fingerprint density at radius 3 is 2.73 bits per heavy atom. The highest BCUT2D eigenvalue weighted by Crippen LogP contribution is 2.30. The smallest absolute Gasteiger partial charge is 0.195 e. The van der Waals surface area contributed by atoms with Gasteiger partial charge in [0.25, 0.3) is 0 Å². The van der Waals surface area contributed by atoms with Crippen molar-refractivity contribution in [1.29, 1.82) is 0 Å². The molecule has 2 N–H and O–H groups in total. The van der Waals surface area contributed by atoms with Gasteiger partial charge >= 0.3 is 0 Å². The maximum absolute atomic E-state index is 5.58. The summed E-state index contributed by atoms with van der Waals surface area (Å²) in [5.41, 5.74) is 0.916. The van der Waals surface area contributed by atoms with Crippen LogP contribution in [0.25, 0.3) is 0 Å². The van der Waals surface area contributed by atoms with Crippen molar-refractivity contribution in [2.24, 2.45) is 4.99 Å². The van der Waals surface area contributed by atoms with Crippen molar-refractivity contribution in [3.63, 3.8) is 0 Å². The van der Waals surface area contributed by atoms with Crippen LogP contribution in [0.4, 0.5) is 5.69 Å². The second-order valence-electron chi connectivity index (χ2n) is 6.54. The highest BCUT2D eigenvalue weighted by Gasteiger charge is 2.21. The van der Waals surface area contributed by atoms with E-state index >= 15 is 0 Å². The van der Waals surface area contributed by atoms with E-state index in [4.69, 9.17) is 14.5 Å². The molecule has 26 heavy (non-hydrogen) atoms. The van der Waals surface area contributed by atoms with E-state index in [0.29, 0.717) is 18.4 Å². The first-order valence-corrected chi connectivity index (χ1v) is 9.32. The molecule has 1 saturated heterocycles. The first-order chi connectivity index (χ1) is 12.6. The number of rotatable bonds is 7. The van der Waals surface area contributed by atoms with Crippen LogP contribution in [-0.4, -0.2) is 82.3 Å². The van der Waals surface area contributed by atoms with Crippen molar-refractivity contribution in [2.75, 3.05) is 65.9 Å². The number of piperazine rings is 1. The molecule has 0 amide bonds. The summed E-state index contributed by atoms with van der Waals surface area (Å²) in [6.07, 6.45) is 0. The number of ether oxygens (including phenoxy) is 2. The zero-order valence-electron chi connectivity index (χ0n) is 16.7. The lowest BCUT2D eigenvalue weighted by atomic mass is 10.2. The number of nitrogens with one attached hydrogen (secondary N) is 2. The van der Waals surface area contributed by atoms with Crippen molar-refractivity contribution in [2.45, 2.75) is 19.9 Å². The first-order valence-electron chi connectivity index (χ1n) is 9.32. The van der Waals surface area contributed by atoms with Crippen LogP contribution < -0.4 is 20.1 Å². The van der Waals surface area contributed by atoms with Crippen LogP contribution in [0.2, 0.25) is 0 Å². The van der Waals surface area contributed by atoms with Gasteiger partial charge in [0.15, 0.2) is 17.5 Å². The van der Waals surface area contributed by atoms with E-state index in [2.05, 4.69) is 41.5 Å². The summed E-state index contributed by atoms with van der Waals surface area (Å²) in [6, 6.07) is 6.25. The highest BCUT2D eigenvalue weighted by molar-refractivity contribution is 5.93. The minimum atomic E-state index is 0.430. The van der Waals surface area contributed by atoms with Gasteiger partial charge in [-0.15, -0.1) is 0 Å². The van der Waals surface area contributed by atoms with Gasteiger partial charge in [-0.1, -0.05) is 0 Å². The van der Waals surface area contributed by atoms with E-state index in [1.165, 1.54) is 0 Å². The van der Waals surface area contributed by atoms with Crippen molar-refractivity contribution in [3.8, 4) is 11.5 Å². The second kappa shape index (κ2) is 10.2. The number of likely N-dealkylation sites (N-methyl/N-ethyl adjacent to an activating group) is 2. The van der Waals surface area contributed by atoms with Gasteiger partial charge in [-0.05, 0) is 40.1 Å². The fourth-order valence-electron chi connectivity index (χ4n) is 2.96. The molecular formula is C19H33N5O2. The molecule has 1 heterocycles. The Hall–Kier alpha value is -1.99. The fourth-order valence-corrected chi connectivity index (χ4v) is 2.96. The summed E-state index contributed by atoms with van der Waals surface area (Å²) < 4.78 is 11.0. The van der Waals surface area contributed by atoms with E-state index in [1.54, 1.807) is 7.11 Å². The van der Waals surface area contributed by atoms with Gasteiger partial charge in [0.05, 0.1) is 20.3 Å². The molecule has 2 rings (SSSR count). The number of aliphatic imine (C=N–C) groups is 1. The lowest BCUT2D eigenvalue weighted by Crippen LogP contribution is -2.51. The van der Waals surface area contributed by atoms with Gasteiger partial charge in [-0.25, -0.2) is 0 Å². The molecule has 0 radical (unpaired) electrons. The molecule has 1 unspecified atom stereocenters. The molecule has 1 fully saturated rings. The Labute approximate surface area is 157 Å². The van der Waals surface area contributed by atoms with Crippen molar-refractivity contribution in [1.82, 2.24) is 15.1 Å². The number of nitrogens with zero attached hydrogens (tertiary/aromatic N) is 3. The van der Waals surface area contributed by atoms with Gasteiger partial charge in [0.1, 0.15) is 0 Å². The van der Waals surface area contributed by atoms with E-state index in [0.717, 1.165) is 50.1 Å². The Morgan fingerprint density at radius 1 is 1.23 bits per heavy atom. The topological polar surface area (TPSA) is 61.4 Å². The van der Waals surface area contributed by atoms with Crippen LogP contribution in [0.5, 0.6) is 11.5 Å². The third-order valence-electron chi connectivity index (χ3n) is 4.51. The van der Waals surface area contributed by atoms with Gasteiger partial charge in [0, 0.05) is 44.0 Å². The molecule has 0 aromatic heterocycles. The average Bonchev–Trinajstić information content (AvgIpc) is 2.63. The number of anilines is 1. The van der Waals surface area contributed by atoms with E-state index in [9.17, 15) is 0 Å². The molecule has 7 heteroatoms. The third-order valence-corrected chi connectivity index (χ3v) is 4.51. The van der Waals surface area contributed by atoms with Crippen LogP contribution >= 0.6 is 0 Å². The van der Waals surface area contributed by atoms with Crippen LogP contribution in [0.15, 0.2) is 23.2 Å². The van der Waals surface area contributed by atoms with E-state index in [-0.39, 0.29) is 0 Å². The number of methoxy groups -OCH3 is 1. The van der Waals surface area contributed by atoms with Crippen molar-refractivity contribution < 1.29 is 9.47 Å². The van der Waals surface area contributed by atoms with Crippen molar-refractivity contribution in [3.05, 3.63) is 18.2 Å². The van der Waals surface area contributed by atoms with Crippen LogP contribution in [0.1, 0.15) is 13.8 Å². The summed E-state index contributed by atoms with van der Waals surface area (Å²) in [5.74, 6) is 2.23. The molecule has 1 aromatic rings. The summed E-state index contributed by atoms with van der Waals surface area (Å²) >= 11 is 0. The first kappa shape index (κ1) is 20.3. The van der Waals surface area contributed by atoms with Crippen LogP contribution in [0, 0.1) is 0 Å². The normalized spacial score (nSPS) is 19.3. The van der Waals surface area contributed by atoms with Gasteiger partial charge < -0.3 is 25.0 Å². The number of hydrogen-bond acceptors (Lipinski definition) is 5. The number of guanidine groups is 1. The molecule has 0 spiro atoms. The number of hydrogen-bond donors (Lipinski definition) is 2. The maximum Gasteiger partial charge on any atom is 0.195 e. The lowest BCUT2D eigenvalue weighted by molar-refractivity contribution is 0.119. The minimum Gasteiger partial charge on any atom is -0.493 e. The quantitative estimate of drug-likeness (QED) is 0.568. The second-order valence-corrected chi connectivity index (χ2v) is 6.54. The van der Waals surface area contributed by atoms with Gasteiger partial charge in [-0.2, -0.15) is 0 Å². The predicted molar refractivity (Wildman–Crippen MR) is 108 cm³/mol. The van der Waals surface area contributed by atoms with Gasteiger partial charge in [0.2, 0.25) is 0 Å². The molecule has 146 valence electrons. The molecule has 1 atom stereocenters. The van der Waals surface area contributed by atoms with Crippen LogP contribution in [0.3, 0.4) is 0 Å². The monoisotopic (exact) mass is 363 g/mol. The average molecular weight is 364 g/mol. The highest BCUT2D eigenvalue weighted by atomic mass is 16.5. The molecule has 0 aliphatic carbocycles. The zero-order chi connectivity index (χ0) is 18.9. The maximum atomic E-state index is 5.58. The molecule has 1 aliphatic heterocycles. The summed E-state index contributed by atoms with van der Waals surface area (Å²) in [6.45, 7) is 9.42. The predicted octanol–water partition coefficient (Wildman–Crippen LogP) is 1.72. The Kier molecular flexibility index (Phi) is 8.00.